The highest BCUT2D eigenvalue weighted by Gasteiger charge is 2.20. The second-order valence-corrected chi connectivity index (χ2v) is 4.55. The van der Waals surface area contributed by atoms with Crippen molar-refractivity contribution in [3.05, 3.63) is 12.7 Å². The number of carbonyl (C=O) groups excluding carboxylic acids is 1. The molecule has 100 valence electrons. The second-order valence-electron chi connectivity index (χ2n) is 4.55. The first-order valence-corrected chi connectivity index (χ1v) is 5.88. The molecule has 0 radical (unpaired) electrons. The minimum atomic E-state index is -0.656. The maximum absolute atomic E-state index is 11.4. The van der Waals surface area contributed by atoms with Crippen LogP contribution in [0.4, 0.5) is 0 Å². The van der Waals surface area contributed by atoms with Gasteiger partial charge in [0.1, 0.15) is 0 Å². The molecule has 0 aliphatic heterocycles. The molecule has 2 atom stereocenters. The number of nitrogens with two attached hydrogens (primary N) is 1. The number of aliphatic hydroxyl groups is 1. The van der Waals surface area contributed by atoms with Crippen molar-refractivity contribution in [2.24, 2.45) is 17.7 Å². The average Bonchev–Trinajstić information content (AvgIpc) is 2.27. The lowest BCUT2D eigenvalue weighted by Gasteiger charge is -2.18. The fraction of sp³-hybridized carbons (Fsp3) is 0.750. The topological polar surface area (TPSA) is 84.6 Å². The average molecular weight is 244 g/mol. The van der Waals surface area contributed by atoms with Crippen LogP contribution in [0.1, 0.15) is 26.7 Å². The van der Waals surface area contributed by atoms with Crippen LogP contribution in [0.25, 0.3) is 0 Å². The number of hydrogen-bond donors (Lipinski definition) is 3. The fourth-order valence-electron chi connectivity index (χ4n) is 1.47. The Balaban J connectivity index is 3.98. The van der Waals surface area contributed by atoms with Crippen LogP contribution in [0.15, 0.2) is 12.7 Å². The number of aliphatic hydroxyl groups excluding tert-OH is 1. The van der Waals surface area contributed by atoms with Gasteiger partial charge in [0.2, 0.25) is 5.91 Å². The molecule has 17 heavy (non-hydrogen) atoms. The Kier molecular flexibility index (Phi) is 8.66. The molecule has 0 spiro atoms. The van der Waals surface area contributed by atoms with E-state index in [0.29, 0.717) is 25.4 Å². The van der Waals surface area contributed by atoms with E-state index in [0.717, 1.165) is 0 Å². The fourth-order valence-corrected chi connectivity index (χ4v) is 1.47. The number of ether oxygens (including phenoxy) is 1. The second kappa shape index (κ2) is 9.15. The molecular weight excluding hydrogens is 220 g/mol. The van der Waals surface area contributed by atoms with Gasteiger partial charge in [0.15, 0.2) is 0 Å². The molecule has 5 nitrogen and oxygen atoms in total. The molecule has 0 aromatic rings. The van der Waals surface area contributed by atoms with E-state index in [1.165, 1.54) is 0 Å². The summed E-state index contributed by atoms with van der Waals surface area (Å²) in [5.74, 6) is 4.87. The molecule has 0 saturated carbocycles. The Hall–Kier alpha value is -0.910. The van der Waals surface area contributed by atoms with Gasteiger partial charge in [-0.15, -0.1) is 6.58 Å². The number of carbonyl (C=O) groups is 1. The normalized spacial score (nSPS) is 14.4. The summed E-state index contributed by atoms with van der Waals surface area (Å²) in [5.41, 5.74) is 2.09. The first-order chi connectivity index (χ1) is 8.01. The van der Waals surface area contributed by atoms with Gasteiger partial charge < -0.3 is 9.84 Å². The maximum atomic E-state index is 11.4. The van der Waals surface area contributed by atoms with E-state index < -0.39 is 6.10 Å². The van der Waals surface area contributed by atoms with Gasteiger partial charge in [0, 0.05) is 12.5 Å². The van der Waals surface area contributed by atoms with Gasteiger partial charge in [0.25, 0.3) is 0 Å². The quantitative estimate of drug-likeness (QED) is 0.240. The Morgan fingerprint density at radius 2 is 2.18 bits per heavy atom. The van der Waals surface area contributed by atoms with Crippen LogP contribution < -0.4 is 11.3 Å². The summed E-state index contributed by atoms with van der Waals surface area (Å²) >= 11 is 0. The molecule has 2 unspecified atom stereocenters. The lowest BCUT2D eigenvalue weighted by Crippen LogP contribution is -2.37. The molecule has 0 heterocycles. The summed E-state index contributed by atoms with van der Waals surface area (Å²) in [7, 11) is 0. The van der Waals surface area contributed by atoms with Crippen molar-refractivity contribution in [3.8, 4) is 0 Å². The minimum absolute atomic E-state index is 0.240. The van der Waals surface area contributed by atoms with Crippen LogP contribution in [0.5, 0.6) is 0 Å². The Morgan fingerprint density at radius 3 is 2.65 bits per heavy atom. The summed E-state index contributed by atoms with van der Waals surface area (Å²) in [4.78, 5) is 11.4. The molecule has 0 bridgehead atoms. The maximum Gasteiger partial charge on any atom is 0.237 e. The summed E-state index contributed by atoms with van der Waals surface area (Å²) in [6.45, 7) is 8.49. The smallest absolute Gasteiger partial charge is 0.237 e. The van der Waals surface area contributed by atoms with E-state index in [4.69, 9.17) is 10.6 Å². The monoisotopic (exact) mass is 244 g/mol. The molecule has 0 saturated heterocycles. The van der Waals surface area contributed by atoms with Crippen LogP contribution in [-0.4, -0.2) is 30.3 Å². The number of nitrogens with one attached hydrogen (secondary N) is 1. The third-order valence-corrected chi connectivity index (χ3v) is 2.28. The lowest BCUT2D eigenvalue weighted by atomic mass is 9.97. The number of hydrogen-bond acceptors (Lipinski definition) is 4. The summed E-state index contributed by atoms with van der Waals surface area (Å²) in [5, 5.41) is 9.72. The SMILES string of the molecule is C=CCC(CC(O)COCC(C)C)C(=O)NN. The standard InChI is InChI=1S/C12H24N2O3/c1-4-5-10(12(16)14-13)6-11(15)8-17-7-9(2)3/h4,9-11,15H,1,5-8,13H2,2-3H3,(H,14,16). The Morgan fingerprint density at radius 1 is 1.53 bits per heavy atom. The van der Waals surface area contributed by atoms with Gasteiger partial charge >= 0.3 is 0 Å². The minimum Gasteiger partial charge on any atom is -0.391 e. The zero-order valence-corrected chi connectivity index (χ0v) is 10.7. The van der Waals surface area contributed by atoms with Crippen LogP contribution in [0.2, 0.25) is 0 Å². The number of hydrazine groups is 1. The van der Waals surface area contributed by atoms with E-state index in [1.54, 1.807) is 6.08 Å². The molecular formula is C12H24N2O3. The van der Waals surface area contributed by atoms with Crippen molar-refractivity contribution >= 4 is 5.91 Å². The van der Waals surface area contributed by atoms with Crippen LogP contribution in [-0.2, 0) is 9.53 Å². The molecule has 0 aromatic carbocycles. The van der Waals surface area contributed by atoms with Gasteiger partial charge in [-0.3, -0.25) is 10.2 Å². The molecule has 0 rings (SSSR count). The summed E-state index contributed by atoms with van der Waals surface area (Å²) in [6.07, 6.45) is 1.80. The van der Waals surface area contributed by atoms with Gasteiger partial charge in [-0.1, -0.05) is 19.9 Å². The van der Waals surface area contributed by atoms with Gasteiger partial charge in [-0.05, 0) is 18.8 Å². The third kappa shape index (κ3) is 7.90. The third-order valence-electron chi connectivity index (χ3n) is 2.28. The van der Waals surface area contributed by atoms with E-state index in [2.05, 4.69) is 12.0 Å². The number of rotatable bonds is 9. The van der Waals surface area contributed by atoms with Gasteiger partial charge in [-0.25, -0.2) is 5.84 Å². The van der Waals surface area contributed by atoms with E-state index >= 15 is 0 Å². The van der Waals surface area contributed by atoms with Crippen LogP contribution in [0, 0.1) is 11.8 Å². The van der Waals surface area contributed by atoms with Crippen molar-refractivity contribution in [1.29, 1.82) is 0 Å². The zero-order chi connectivity index (χ0) is 13.3. The predicted molar refractivity (Wildman–Crippen MR) is 66.9 cm³/mol. The Labute approximate surface area is 103 Å². The highest BCUT2D eigenvalue weighted by atomic mass is 16.5. The molecule has 0 aliphatic rings. The van der Waals surface area contributed by atoms with Crippen molar-refractivity contribution in [2.75, 3.05) is 13.2 Å². The van der Waals surface area contributed by atoms with E-state index in [-0.39, 0.29) is 18.4 Å². The van der Waals surface area contributed by atoms with E-state index in [9.17, 15) is 9.90 Å². The first kappa shape index (κ1) is 16.1. The summed E-state index contributed by atoms with van der Waals surface area (Å²) < 4.78 is 5.31. The van der Waals surface area contributed by atoms with Gasteiger partial charge in [0.05, 0.1) is 12.7 Å². The molecule has 0 aliphatic carbocycles. The zero-order valence-electron chi connectivity index (χ0n) is 10.7. The van der Waals surface area contributed by atoms with Crippen molar-refractivity contribution in [1.82, 2.24) is 5.43 Å². The van der Waals surface area contributed by atoms with Gasteiger partial charge in [-0.2, -0.15) is 0 Å². The molecule has 0 aromatic heterocycles. The molecule has 0 fully saturated rings. The lowest BCUT2D eigenvalue weighted by molar-refractivity contribution is -0.126. The largest absolute Gasteiger partial charge is 0.391 e. The predicted octanol–water partition coefficient (Wildman–Crippen LogP) is 0.592. The highest BCUT2D eigenvalue weighted by molar-refractivity contribution is 5.78. The van der Waals surface area contributed by atoms with Crippen molar-refractivity contribution < 1.29 is 14.6 Å². The van der Waals surface area contributed by atoms with E-state index in [1.807, 2.05) is 13.8 Å². The number of allylic oxidation sites excluding steroid dienone is 1. The molecule has 5 heteroatoms. The van der Waals surface area contributed by atoms with Crippen LogP contribution >= 0.6 is 0 Å². The number of amides is 1. The molecule has 1 amide bonds. The first-order valence-electron chi connectivity index (χ1n) is 5.88. The van der Waals surface area contributed by atoms with Crippen molar-refractivity contribution in [3.63, 3.8) is 0 Å². The van der Waals surface area contributed by atoms with Crippen molar-refractivity contribution in [2.45, 2.75) is 32.8 Å². The highest BCUT2D eigenvalue weighted by Crippen LogP contribution is 2.12. The van der Waals surface area contributed by atoms with Crippen LogP contribution in [0.3, 0.4) is 0 Å². The Bertz CT molecular complexity index is 232. The molecule has 4 N–H and O–H groups in total. The summed E-state index contributed by atoms with van der Waals surface area (Å²) in [6, 6.07) is 0.